The number of hydrogen-bond acceptors (Lipinski definition) is 7. The molecule has 1 aromatic carbocycles. The fourth-order valence-corrected chi connectivity index (χ4v) is 6.48. The molecule has 0 bridgehead atoms. The summed E-state index contributed by atoms with van der Waals surface area (Å²) in [7, 11) is -3.28. The number of aliphatic hydroxyl groups excluding tert-OH is 1. The molecular weight excluding hydrogens is 455 g/mol. The van der Waals surface area contributed by atoms with Crippen LogP contribution in [0.15, 0.2) is 16.9 Å². The largest absolute Gasteiger partial charge is 0.393 e. The van der Waals surface area contributed by atoms with Crippen LogP contribution in [-0.4, -0.2) is 64.5 Å². The highest BCUT2D eigenvalue weighted by Gasteiger charge is 2.26. The molecule has 11 heteroatoms. The smallest absolute Gasteiger partial charge is 0.261 e. The first kappa shape index (κ1) is 23.5. The third-order valence-corrected chi connectivity index (χ3v) is 8.79. The standard InChI is InChI=1S/C21H29FN4O4S2/c1-32(29,30)26-8-2-3-13(11-26)23-14-9-17(22)20-18(10-14)24-19(25-21(20)28)12-31-16-6-4-15(27)5-7-16/h9-10,13,15-16,23,27H,2-8,11-12H2,1H3,(H,24,25,28)/t13-,15-,16-/m1/s1. The number of H-pyrrole nitrogens is 1. The molecule has 0 amide bonds. The van der Waals surface area contributed by atoms with E-state index in [1.807, 2.05) is 0 Å². The van der Waals surface area contributed by atoms with E-state index in [9.17, 15) is 22.7 Å². The number of aromatic nitrogens is 2. The summed E-state index contributed by atoms with van der Waals surface area (Å²) in [6.07, 6.45) is 5.90. The number of fused-ring (bicyclic) bond motifs is 1. The van der Waals surface area contributed by atoms with Crippen LogP contribution in [0.4, 0.5) is 10.1 Å². The van der Waals surface area contributed by atoms with Gasteiger partial charge in [0.1, 0.15) is 17.0 Å². The van der Waals surface area contributed by atoms with Gasteiger partial charge in [-0.15, -0.1) is 0 Å². The number of hydrogen-bond donors (Lipinski definition) is 3. The van der Waals surface area contributed by atoms with Gasteiger partial charge in [0.05, 0.1) is 23.6 Å². The van der Waals surface area contributed by atoms with Crippen LogP contribution in [0.2, 0.25) is 0 Å². The van der Waals surface area contributed by atoms with Crippen molar-refractivity contribution in [3.8, 4) is 0 Å². The second-order valence-corrected chi connectivity index (χ2v) is 12.0. The number of thioether (sulfide) groups is 1. The highest BCUT2D eigenvalue weighted by atomic mass is 32.2. The topological polar surface area (TPSA) is 115 Å². The van der Waals surface area contributed by atoms with Crippen molar-refractivity contribution < 1.29 is 17.9 Å². The van der Waals surface area contributed by atoms with E-state index in [0.717, 1.165) is 38.5 Å². The molecule has 2 heterocycles. The molecule has 8 nitrogen and oxygen atoms in total. The molecule has 2 aliphatic rings. The Morgan fingerprint density at radius 3 is 2.75 bits per heavy atom. The third kappa shape index (κ3) is 5.62. The Hall–Kier alpha value is -1.69. The Morgan fingerprint density at radius 1 is 1.28 bits per heavy atom. The van der Waals surface area contributed by atoms with E-state index >= 15 is 0 Å². The lowest BCUT2D eigenvalue weighted by molar-refractivity contribution is 0.132. The third-order valence-electron chi connectivity index (χ3n) is 6.13. The fraction of sp³-hybridized carbons (Fsp3) is 0.619. The maximum Gasteiger partial charge on any atom is 0.261 e. The molecule has 0 spiro atoms. The van der Waals surface area contributed by atoms with Crippen molar-refractivity contribution >= 4 is 38.4 Å². The van der Waals surface area contributed by atoms with E-state index in [1.165, 1.54) is 16.6 Å². The average Bonchev–Trinajstić information content (AvgIpc) is 2.72. The van der Waals surface area contributed by atoms with Crippen LogP contribution in [0.25, 0.3) is 10.9 Å². The van der Waals surface area contributed by atoms with Gasteiger partial charge in [0.15, 0.2) is 0 Å². The molecule has 176 valence electrons. The van der Waals surface area contributed by atoms with Gasteiger partial charge in [-0.1, -0.05) is 0 Å². The number of anilines is 1. The van der Waals surface area contributed by atoms with Gasteiger partial charge in [-0.05, 0) is 50.7 Å². The summed E-state index contributed by atoms with van der Waals surface area (Å²) in [5.41, 5.74) is 0.254. The molecule has 1 saturated carbocycles. The minimum Gasteiger partial charge on any atom is -0.393 e. The number of nitrogens with one attached hydrogen (secondary N) is 2. The minimum absolute atomic E-state index is 0.0773. The normalized spacial score (nSPS) is 25.2. The Bertz CT molecular complexity index is 1130. The highest BCUT2D eigenvalue weighted by Crippen LogP contribution is 2.30. The van der Waals surface area contributed by atoms with Crippen LogP contribution in [0.3, 0.4) is 0 Å². The summed E-state index contributed by atoms with van der Waals surface area (Å²) in [5.74, 6) is 0.350. The van der Waals surface area contributed by atoms with E-state index in [-0.39, 0.29) is 23.0 Å². The van der Waals surface area contributed by atoms with Crippen LogP contribution < -0.4 is 10.9 Å². The van der Waals surface area contributed by atoms with Crippen molar-refractivity contribution in [1.29, 1.82) is 0 Å². The predicted octanol–water partition coefficient (Wildman–Crippen LogP) is 2.43. The number of aliphatic hydroxyl groups is 1. The van der Waals surface area contributed by atoms with Crippen LogP contribution in [-0.2, 0) is 15.8 Å². The zero-order valence-corrected chi connectivity index (χ0v) is 19.6. The maximum atomic E-state index is 14.7. The Balaban J connectivity index is 1.50. The van der Waals surface area contributed by atoms with Gasteiger partial charge >= 0.3 is 0 Å². The lowest BCUT2D eigenvalue weighted by Crippen LogP contribution is -2.44. The molecule has 2 aromatic rings. The van der Waals surface area contributed by atoms with Crippen LogP contribution >= 0.6 is 11.8 Å². The summed E-state index contributed by atoms with van der Waals surface area (Å²) < 4.78 is 39.9. The molecule has 1 aliphatic heterocycles. The van der Waals surface area contributed by atoms with Crippen molar-refractivity contribution in [3.63, 3.8) is 0 Å². The van der Waals surface area contributed by atoms with Crippen molar-refractivity contribution in [2.45, 2.75) is 61.7 Å². The van der Waals surface area contributed by atoms with E-state index in [1.54, 1.807) is 17.8 Å². The zero-order valence-electron chi connectivity index (χ0n) is 18.0. The van der Waals surface area contributed by atoms with E-state index in [2.05, 4.69) is 15.3 Å². The fourth-order valence-electron chi connectivity index (χ4n) is 4.43. The summed E-state index contributed by atoms with van der Waals surface area (Å²) in [6.45, 7) is 0.806. The number of piperidine rings is 1. The molecule has 0 radical (unpaired) electrons. The van der Waals surface area contributed by atoms with Crippen molar-refractivity contribution in [2.24, 2.45) is 0 Å². The molecule has 1 atom stereocenters. The van der Waals surface area contributed by atoms with E-state index < -0.39 is 21.4 Å². The summed E-state index contributed by atoms with van der Waals surface area (Å²) in [5, 5.41) is 13.2. The van der Waals surface area contributed by atoms with Crippen LogP contribution in [0.5, 0.6) is 0 Å². The van der Waals surface area contributed by atoms with Gasteiger partial charge in [-0.25, -0.2) is 22.1 Å². The summed E-state index contributed by atoms with van der Waals surface area (Å²) in [6, 6.07) is 2.77. The molecule has 0 unspecified atom stereocenters. The molecule has 3 N–H and O–H groups in total. The van der Waals surface area contributed by atoms with E-state index in [4.69, 9.17) is 0 Å². The molecule has 1 aliphatic carbocycles. The SMILES string of the molecule is CS(=O)(=O)N1CCC[C@@H](Nc2cc(F)c3c(=O)[nH]c(CS[C@H]4CC[C@H](O)CC4)nc3c2)C1. The number of sulfonamides is 1. The number of aromatic amines is 1. The molecule has 4 rings (SSSR count). The van der Waals surface area contributed by atoms with Crippen molar-refractivity contribution in [1.82, 2.24) is 14.3 Å². The van der Waals surface area contributed by atoms with Crippen LogP contribution in [0.1, 0.15) is 44.3 Å². The van der Waals surface area contributed by atoms with Gasteiger partial charge in [0.25, 0.3) is 5.56 Å². The molecule has 1 aromatic heterocycles. The average molecular weight is 485 g/mol. The lowest BCUT2D eigenvalue weighted by Gasteiger charge is -2.32. The minimum atomic E-state index is -3.28. The maximum absolute atomic E-state index is 14.7. The summed E-state index contributed by atoms with van der Waals surface area (Å²) >= 11 is 1.69. The molecule has 2 fully saturated rings. The zero-order chi connectivity index (χ0) is 22.9. The number of nitrogens with zero attached hydrogens (tertiary/aromatic N) is 2. The first-order chi connectivity index (χ1) is 15.2. The second kappa shape index (κ2) is 9.66. The molecule has 32 heavy (non-hydrogen) atoms. The Labute approximate surface area is 191 Å². The number of benzene rings is 1. The van der Waals surface area contributed by atoms with Gasteiger partial charge in [0.2, 0.25) is 10.0 Å². The van der Waals surface area contributed by atoms with E-state index in [0.29, 0.717) is 35.6 Å². The van der Waals surface area contributed by atoms with Crippen molar-refractivity contribution in [2.75, 3.05) is 24.7 Å². The second-order valence-electron chi connectivity index (χ2n) is 8.71. The number of halogens is 1. The highest BCUT2D eigenvalue weighted by molar-refractivity contribution is 7.99. The Morgan fingerprint density at radius 2 is 2.03 bits per heavy atom. The lowest BCUT2D eigenvalue weighted by atomic mass is 9.97. The first-order valence-corrected chi connectivity index (χ1v) is 13.8. The monoisotopic (exact) mass is 484 g/mol. The van der Waals surface area contributed by atoms with Gasteiger partial charge in [-0.3, -0.25) is 4.79 Å². The van der Waals surface area contributed by atoms with Gasteiger partial charge in [-0.2, -0.15) is 11.8 Å². The quantitative estimate of drug-likeness (QED) is 0.577. The number of rotatable bonds is 6. The molecular formula is C21H29FN4O4S2. The predicted molar refractivity (Wildman–Crippen MR) is 125 cm³/mol. The Kier molecular flexibility index (Phi) is 7.09. The first-order valence-electron chi connectivity index (χ1n) is 10.9. The van der Waals surface area contributed by atoms with Crippen molar-refractivity contribution in [3.05, 3.63) is 34.1 Å². The van der Waals surface area contributed by atoms with Crippen LogP contribution in [0, 0.1) is 5.82 Å². The summed E-state index contributed by atoms with van der Waals surface area (Å²) in [4.78, 5) is 19.7. The van der Waals surface area contributed by atoms with Gasteiger partial charge in [0, 0.05) is 30.1 Å². The molecule has 1 saturated heterocycles. The van der Waals surface area contributed by atoms with Gasteiger partial charge < -0.3 is 15.4 Å².